The van der Waals surface area contributed by atoms with Gasteiger partial charge in [-0.25, -0.2) is 4.98 Å². The van der Waals surface area contributed by atoms with E-state index in [1.165, 1.54) is 24.4 Å². The van der Waals surface area contributed by atoms with E-state index in [-0.39, 0.29) is 5.69 Å². The summed E-state index contributed by atoms with van der Waals surface area (Å²) in [6.07, 6.45) is 4.66. The van der Waals surface area contributed by atoms with E-state index < -0.39 is 4.92 Å². The van der Waals surface area contributed by atoms with Gasteiger partial charge in [-0.3, -0.25) is 10.1 Å². The smallest absolute Gasteiger partial charge is 0.294 e. The summed E-state index contributed by atoms with van der Waals surface area (Å²) in [6, 6.07) is 2.93. The van der Waals surface area contributed by atoms with Gasteiger partial charge in [-0.1, -0.05) is 6.08 Å². The molecule has 0 aliphatic rings. The fourth-order valence-corrected chi connectivity index (χ4v) is 0.872. The maximum Gasteiger partial charge on any atom is 0.294 e. The Balaban J connectivity index is 3.05. The summed E-state index contributed by atoms with van der Waals surface area (Å²) >= 11 is 0. The molecule has 0 unspecified atom stereocenters. The highest BCUT2D eigenvalue weighted by Crippen LogP contribution is 2.15. The maximum atomic E-state index is 10.5. The van der Waals surface area contributed by atoms with Gasteiger partial charge in [-0.2, -0.15) is 0 Å². The van der Waals surface area contributed by atoms with Crippen LogP contribution in [0.15, 0.2) is 24.4 Å². The Morgan fingerprint density at radius 3 is 3.08 bits per heavy atom. The van der Waals surface area contributed by atoms with E-state index in [0.29, 0.717) is 12.2 Å². The number of rotatable bonds is 3. The van der Waals surface area contributed by atoms with Crippen molar-refractivity contribution in [1.82, 2.24) is 4.98 Å². The van der Waals surface area contributed by atoms with Gasteiger partial charge >= 0.3 is 0 Å². The van der Waals surface area contributed by atoms with Crippen molar-refractivity contribution in [3.63, 3.8) is 0 Å². The van der Waals surface area contributed by atoms with Crippen LogP contribution in [0.25, 0.3) is 6.08 Å². The van der Waals surface area contributed by atoms with Gasteiger partial charge in [0.1, 0.15) is 5.69 Å². The van der Waals surface area contributed by atoms with Gasteiger partial charge in [0, 0.05) is 18.8 Å². The van der Waals surface area contributed by atoms with Crippen molar-refractivity contribution in [2.24, 2.45) is 5.73 Å². The lowest BCUT2D eigenvalue weighted by Crippen LogP contribution is -1.95. The molecular formula is C8H9N3O2. The summed E-state index contributed by atoms with van der Waals surface area (Å²) < 4.78 is 0. The van der Waals surface area contributed by atoms with Crippen molar-refractivity contribution in [3.05, 3.63) is 40.2 Å². The van der Waals surface area contributed by atoms with Gasteiger partial charge in [0.2, 0.25) is 0 Å². The van der Waals surface area contributed by atoms with Crippen LogP contribution in [-0.4, -0.2) is 16.5 Å². The Kier molecular flexibility index (Phi) is 3.10. The highest BCUT2D eigenvalue weighted by molar-refractivity contribution is 5.56. The number of nitrogens with two attached hydrogens (primary N) is 1. The van der Waals surface area contributed by atoms with Gasteiger partial charge in [0.05, 0.1) is 4.92 Å². The molecule has 68 valence electrons. The number of pyridine rings is 1. The number of nitrogens with zero attached hydrogens (tertiary/aromatic N) is 2. The first-order valence-electron chi connectivity index (χ1n) is 3.71. The van der Waals surface area contributed by atoms with Crippen LogP contribution < -0.4 is 5.73 Å². The average molecular weight is 179 g/mol. The molecule has 5 heteroatoms. The van der Waals surface area contributed by atoms with Gasteiger partial charge in [-0.05, 0) is 12.1 Å². The first-order valence-corrected chi connectivity index (χ1v) is 3.71. The molecule has 0 aliphatic heterocycles. The predicted molar refractivity (Wildman–Crippen MR) is 49.0 cm³/mol. The van der Waals surface area contributed by atoms with Crippen LogP contribution in [0.3, 0.4) is 0 Å². The maximum absolute atomic E-state index is 10.5. The molecule has 5 nitrogen and oxygen atoms in total. The molecule has 0 aromatic carbocycles. The zero-order chi connectivity index (χ0) is 9.68. The molecule has 0 atom stereocenters. The number of nitro groups is 1. The molecule has 0 aliphatic carbocycles. The van der Waals surface area contributed by atoms with E-state index in [9.17, 15) is 10.1 Å². The lowest BCUT2D eigenvalue weighted by atomic mass is 10.3. The van der Waals surface area contributed by atoms with Crippen LogP contribution in [0.4, 0.5) is 5.69 Å². The summed E-state index contributed by atoms with van der Waals surface area (Å²) in [5, 5.41) is 10.5. The van der Waals surface area contributed by atoms with Crippen LogP contribution in [0, 0.1) is 10.1 Å². The first-order chi connectivity index (χ1) is 6.25. The van der Waals surface area contributed by atoms with Crippen LogP contribution in [-0.2, 0) is 0 Å². The van der Waals surface area contributed by atoms with Crippen LogP contribution in [0.1, 0.15) is 5.69 Å². The first kappa shape index (κ1) is 9.34. The van der Waals surface area contributed by atoms with E-state index in [0.717, 1.165) is 0 Å². The zero-order valence-electron chi connectivity index (χ0n) is 6.88. The SMILES string of the molecule is NCC=Cc1ncccc1[N+](=O)[O-]. The second-order valence-corrected chi connectivity index (χ2v) is 2.30. The quantitative estimate of drug-likeness (QED) is 0.553. The Morgan fingerprint density at radius 2 is 2.46 bits per heavy atom. The predicted octanol–water partition coefficient (Wildman–Crippen LogP) is 0.962. The van der Waals surface area contributed by atoms with E-state index in [1.54, 1.807) is 6.08 Å². The minimum Gasteiger partial charge on any atom is -0.327 e. The fraction of sp³-hybridized carbons (Fsp3) is 0.125. The molecule has 0 radical (unpaired) electrons. The molecular weight excluding hydrogens is 170 g/mol. The molecule has 13 heavy (non-hydrogen) atoms. The Labute approximate surface area is 75.0 Å². The van der Waals surface area contributed by atoms with Crippen LogP contribution in [0.5, 0.6) is 0 Å². The third-order valence-corrected chi connectivity index (χ3v) is 1.42. The molecule has 0 amide bonds. The van der Waals surface area contributed by atoms with E-state index in [2.05, 4.69) is 4.98 Å². The largest absolute Gasteiger partial charge is 0.327 e. The lowest BCUT2D eigenvalue weighted by Gasteiger charge is -1.94. The third kappa shape index (κ3) is 2.34. The molecule has 2 N–H and O–H groups in total. The molecule has 1 aromatic rings. The number of hydrogen-bond donors (Lipinski definition) is 1. The molecule has 0 fully saturated rings. The second kappa shape index (κ2) is 4.32. The third-order valence-electron chi connectivity index (χ3n) is 1.42. The van der Waals surface area contributed by atoms with E-state index in [1.807, 2.05) is 0 Å². The summed E-state index contributed by atoms with van der Waals surface area (Å²) in [6.45, 7) is 0.341. The summed E-state index contributed by atoms with van der Waals surface area (Å²) in [5.74, 6) is 0. The fourth-order valence-electron chi connectivity index (χ4n) is 0.872. The van der Waals surface area contributed by atoms with Crippen LogP contribution in [0.2, 0.25) is 0 Å². The minimum atomic E-state index is -0.469. The van der Waals surface area contributed by atoms with E-state index in [4.69, 9.17) is 5.73 Å². The minimum absolute atomic E-state index is 0.00722. The molecule has 1 aromatic heterocycles. The highest BCUT2D eigenvalue weighted by atomic mass is 16.6. The van der Waals surface area contributed by atoms with Gasteiger partial charge < -0.3 is 5.73 Å². The zero-order valence-corrected chi connectivity index (χ0v) is 6.88. The normalized spacial score (nSPS) is 10.5. The molecule has 0 bridgehead atoms. The molecule has 0 saturated carbocycles. The standard InChI is InChI=1S/C8H9N3O2/c9-5-1-3-7-8(11(12)13)4-2-6-10-7/h1-4,6H,5,9H2. The molecule has 1 heterocycles. The summed E-state index contributed by atoms with van der Waals surface area (Å²) in [7, 11) is 0. The lowest BCUT2D eigenvalue weighted by molar-refractivity contribution is -0.385. The second-order valence-electron chi connectivity index (χ2n) is 2.30. The Hall–Kier alpha value is -1.75. The van der Waals surface area contributed by atoms with Crippen molar-refractivity contribution in [2.75, 3.05) is 6.54 Å². The molecule has 0 saturated heterocycles. The topological polar surface area (TPSA) is 82.0 Å². The van der Waals surface area contributed by atoms with E-state index >= 15 is 0 Å². The summed E-state index contributed by atoms with van der Waals surface area (Å²) in [5.41, 5.74) is 5.54. The van der Waals surface area contributed by atoms with Gasteiger partial charge in [-0.15, -0.1) is 0 Å². The molecule has 0 spiro atoms. The van der Waals surface area contributed by atoms with Crippen molar-refractivity contribution < 1.29 is 4.92 Å². The van der Waals surface area contributed by atoms with Crippen molar-refractivity contribution in [3.8, 4) is 0 Å². The van der Waals surface area contributed by atoms with Gasteiger partial charge in [0.15, 0.2) is 0 Å². The number of aromatic nitrogens is 1. The average Bonchev–Trinajstić information content (AvgIpc) is 2.15. The molecule has 1 rings (SSSR count). The number of hydrogen-bond acceptors (Lipinski definition) is 4. The van der Waals surface area contributed by atoms with Crippen molar-refractivity contribution >= 4 is 11.8 Å². The van der Waals surface area contributed by atoms with Crippen LogP contribution >= 0.6 is 0 Å². The monoisotopic (exact) mass is 179 g/mol. The Bertz CT molecular complexity index is 336. The van der Waals surface area contributed by atoms with Crippen molar-refractivity contribution in [2.45, 2.75) is 0 Å². The highest BCUT2D eigenvalue weighted by Gasteiger charge is 2.10. The van der Waals surface area contributed by atoms with Gasteiger partial charge in [0.25, 0.3) is 5.69 Å². The van der Waals surface area contributed by atoms with Crippen molar-refractivity contribution in [1.29, 1.82) is 0 Å². The summed E-state index contributed by atoms with van der Waals surface area (Å²) in [4.78, 5) is 13.9. The Morgan fingerprint density at radius 1 is 1.69 bits per heavy atom.